The number of amides is 1. The molecule has 0 radical (unpaired) electrons. The minimum Gasteiger partial charge on any atom is -0.486 e. The molecule has 1 aliphatic rings. The van der Waals surface area contributed by atoms with Crippen molar-refractivity contribution in [2.45, 2.75) is 18.4 Å². The summed E-state index contributed by atoms with van der Waals surface area (Å²) in [6.45, 7) is 0.336. The van der Waals surface area contributed by atoms with Gasteiger partial charge < -0.3 is 15.2 Å². The maximum Gasteiger partial charge on any atom is 0.404 e. The summed E-state index contributed by atoms with van der Waals surface area (Å²) in [5.41, 5.74) is 6.12. The monoisotopic (exact) mass is 353 g/mol. The Balaban J connectivity index is 1.79. The third-order valence-electron chi connectivity index (χ3n) is 4.36. The zero-order chi connectivity index (χ0) is 18.4. The molecule has 1 aliphatic carbocycles. The van der Waals surface area contributed by atoms with Gasteiger partial charge in [-0.2, -0.15) is 0 Å². The standard InChI is InChI=1S/C21H20FNO3/c22-18-13-17(21(15-26-20(23)24)11-5-2-6-12-21)9-10-19(18)25-14-16-7-3-1-4-8-16/h1-11,13H,12,14-15H2,(H2,23,24). The van der Waals surface area contributed by atoms with Gasteiger partial charge >= 0.3 is 6.09 Å². The van der Waals surface area contributed by atoms with Crippen molar-refractivity contribution in [2.75, 3.05) is 6.61 Å². The Morgan fingerprint density at radius 2 is 1.96 bits per heavy atom. The second-order valence-corrected chi connectivity index (χ2v) is 6.17. The van der Waals surface area contributed by atoms with Crippen LogP contribution in [0.15, 0.2) is 72.8 Å². The second-order valence-electron chi connectivity index (χ2n) is 6.17. The number of hydrogen-bond acceptors (Lipinski definition) is 3. The van der Waals surface area contributed by atoms with Gasteiger partial charge in [0.1, 0.15) is 13.2 Å². The molecule has 0 saturated heterocycles. The number of allylic oxidation sites excluding steroid dienone is 3. The molecule has 1 amide bonds. The molecule has 0 saturated carbocycles. The third-order valence-corrected chi connectivity index (χ3v) is 4.36. The zero-order valence-electron chi connectivity index (χ0n) is 14.2. The molecule has 0 aromatic heterocycles. The summed E-state index contributed by atoms with van der Waals surface area (Å²) in [5.74, 6) is -0.279. The van der Waals surface area contributed by atoms with Gasteiger partial charge in [0, 0.05) is 0 Å². The Hall–Kier alpha value is -3.08. The van der Waals surface area contributed by atoms with E-state index in [-0.39, 0.29) is 19.0 Å². The highest BCUT2D eigenvalue weighted by atomic mass is 19.1. The number of halogens is 1. The zero-order valence-corrected chi connectivity index (χ0v) is 14.2. The summed E-state index contributed by atoms with van der Waals surface area (Å²) in [6.07, 6.45) is 7.33. The van der Waals surface area contributed by atoms with E-state index >= 15 is 0 Å². The van der Waals surface area contributed by atoms with Gasteiger partial charge in [0.2, 0.25) is 0 Å². The highest BCUT2D eigenvalue weighted by molar-refractivity contribution is 5.64. The van der Waals surface area contributed by atoms with Gasteiger partial charge in [-0.3, -0.25) is 0 Å². The van der Waals surface area contributed by atoms with Crippen molar-refractivity contribution in [3.63, 3.8) is 0 Å². The van der Waals surface area contributed by atoms with Crippen molar-refractivity contribution < 1.29 is 18.7 Å². The summed E-state index contributed by atoms with van der Waals surface area (Å²) in [6, 6.07) is 14.4. The number of benzene rings is 2. The van der Waals surface area contributed by atoms with Crippen LogP contribution in [0.4, 0.5) is 9.18 Å². The molecule has 4 nitrogen and oxygen atoms in total. The molecule has 3 rings (SSSR count). The second kappa shape index (κ2) is 7.87. The number of carbonyl (C=O) groups excluding carboxylic acids is 1. The average molecular weight is 353 g/mol. The van der Waals surface area contributed by atoms with Gasteiger partial charge in [0.05, 0.1) is 5.41 Å². The maximum absolute atomic E-state index is 14.6. The smallest absolute Gasteiger partial charge is 0.404 e. The van der Waals surface area contributed by atoms with E-state index < -0.39 is 17.3 Å². The number of carbonyl (C=O) groups is 1. The van der Waals surface area contributed by atoms with Crippen molar-refractivity contribution in [3.8, 4) is 5.75 Å². The molecule has 2 aromatic rings. The molecule has 134 valence electrons. The normalized spacial score (nSPS) is 18.5. The first kappa shape index (κ1) is 17.7. The summed E-state index contributed by atoms with van der Waals surface area (Å²) < 4.78 is 25.2. The molecule has 5 heteroatoms. The molecule has 26 heavy (non-hydrogen) atoms. The van der Waals surface area contributed by atoms with Crippen LogP contribution in [-0.2, 0) is 16.8 Å². The van der Waals surface area contributed by atoms with Crippen molar-refractivity contribution in [1.29, 1.82) is 0 Å². The van der Waals surface area contributed by atoms with E-state index in [1.54, 1.807) is 12.1 Å². The highest BCUT2D eigenvalue weighted by Gasteiger charge is 2.32. The Morgan fingerprint density at radius 1 is 1.15 bits per heavy atom. The van der Waals surface area contributed by atoms with E-state index in [1.165, 1.54) is 6.07 Å². The fourth-order valence-corrected chi connectivity index (χ4v) is 2.93. The van der Waals surface area contributed by atoms with Gasteiger partial charge in [0.25, 0.3) is 0 Å². The summed E-state index contributed by atoms with van der Waals surface area (Å²) >= 11 is 0. The molecule has 1 unspecified atom stereocenters. The Labute approximate surface area is 151 Å². The molecule has 0 heterocycles. The molecule has 2 aromatic carbocycles. The van der Waals surface area contributed by atoms with Gasteiger partial charge in [-0.05, 0) is 29.7 Å². The van der Waals surface area contributed by atoms with Crippen LogP contribution in [0.1, 0.15) is 17.5 Å². The van der Waals surface area contributed by atoms with Crippen LogP contribution >= 0.6 is 0 Å². The van der Waals surface area contributed by atoms with E-state index in [0.717, 1.165) is 5.56 Å². The first-order chi connectivity index (χ1) is 12.6. The molecule has 0 spiro atoms. The fourth-order valence-electron chi connectivity index (χ4n) is 2.93. The topological polar surface area (TPSA) is 61.6 Å². The summed E-state index contributed by atoms with van der Waals surface area (Å²) in [4.78, 5) is 11.0. The Morgan fingerprint density at radius 3 is 2.62 bits per heavy atom. The van der Waals surface area contributed by atoms with Crippen molar-refractivity contribution in [1.82, 2.24) is 0 Å². The van der Waals surface area contributed by atoms with Crippen molar-refractivity contribution in [3.05, 3.63) is 89.8 Å². The van der Waals surface area contributed by atoms with E-state index in [0.29, 0.717) is 12.0 Å². The summed E-state index contributed by atoms with van der Waals surface area (Å²) in [5, 5.41) is 0. The lowest BCUT2D eigenvalue weighted by Gasteiger charge is -2.31. The average Bonchev–Trinajstić information content (AvgIpc) is 2.67. The quantitative estimate of drug-likeness (QED) is 0.844. The van der Waals surface area contributed by atoms with Crippen LogP contribution in [0.25, 0.3) is 0 Å². The first-order valence-electron chi connectivity index (χ1n) is 8.32. The van der Waals surface area contributed by atoms with Crippen molar-refractivity contribution in [2.24, 2.45) is 5.73 Å². The molecule has 1 atom stereocenters. The molecule has 0 aliphatic heterocycles. The number of primary amides is 1. The van der Waals surface area contributed by atoms with Crippen molar-refractivity contribution >= 4 is 6.09 Å². The lowest BCUT2D eigenvalue weighted by atomic mass is 9.76. The van der Waals surface area contributed by atoms with Crippen LogP contribution in [0, 0.1) is 5.82 Å². The van der Waals surface area contributed by atoms with E-state index in [9.17, 15) is 9.18 Å². The largest absolute Gasteiger partial charge is 0.486 e. The summed E-state index contributed by atoms with van der Waals surface area (Å²) in [7, 11) is 0. The van der Waals surface area contributed by atoms with Crippen LogP contribution < -0.4 is 10.5 Å². The number of hydrogen-bond donors (Lipinski definition) is 1. The van der Waals surface area contributed by atoms with E-state index in [4.69, 9.17) is 15.2 Å². The molecule has 0 fully saturated rings. The number of ether oxygens (including phenoxy) is 2. The maximum atomic E-state index is 14.6. The van der Waals surface area contributed by atoms with Gasteiger partial charge in [0.15, 0.2) is 11.6 Å². The lowest BCUT2D eigenvalue weighted by Crippen LogP contribution is -2.33. The number of nitrogens with two attached hydrogens (primary N) is 1. The predicted molar refractivity (Wildman–Crippen MR) is 97.3 cm³/mol. The van der Waals surface area contributed by atoms with Crippen LogP contribution in [-0.4, -0.2) is 12.7 Å². The van der Waals surface area contributed by atoms with Gasteiger partial charge in [-0.25, -0.2) is 9.18 Å². The Bertz CT molecular complexity index is 832. The predicted octanol–water partition coefficient (Wildman–Crippen LogP) is 4.25. The SMILES string of the molecule is NC(=O)OCC1(c2ccc(OCc3ccccc3)c(F)c2)C=CC=CC1. The minimum atomic E-state index is -0.851. The Kier molecular flexibility index (Phi) is 5.37. The van der Waals surface area contributed by atoms with Crippen LogP contribution in [0.2, 0.25) is 0 Å². The van der Waals surface area contributed by atoms with Crippen LogP contribution in [0.5, 0.6) is 5.75 Å². The van der Waals surface area contributed by atoms with Crippen LogP contribution in [0.3, 0.4) is 0 Å². The molecule has 2 N–H and O–H groups in total. The lowest BCUT2D eigenvalue weighted by molar-refractivity contribution is 0.135. The highest BCUT2D eigenvalue weighted by Crippen LogP contribution is 2.35. The van der Waals surface area contributed by atoms with E-state index in [1.807, 2.05) is 54.6 Å². The first-order valence-corrected chi connectivity index (χ1v) is 8.32. The van der Waals surface area contributed by atoms with Gasteiger partial charge in [-0.15, -0.1) is 0 Å². The van der Waals surface area contributed by atoms with E-state index in [2.05, 4.69) is 0 Å². The van der Waals surface area contributed by atoms with Gasteiger partial charge in [-0.1, -0.05) is 60.7 Å². The molecular weight excluding hydrogens is 333 g/mol. The minimum absolute atomic E-state index is 0.0484. The fraction of sp³-hybridized carbons (Fsp3) is 0.190. The third kappa shape index (κ3) is 4.11. The molecule has 0 bridgehead atoms. The molecular formula is C21H20FNO3. The number of rotatable bonds is 6.